The molecule has 1 aromatic carbocycles. The molecule has 0 atom stereocenters. The molecule has 0 bridgehead atoms. The third-order valence-corrected chi connectivity index (χ3v) is 3.05. The Labute approximate surface area is 110 Å². The van der Waals surface area contributed by atoms with Crippen molar-refractivity contribution in [2.24, 2.45) is 0 Å². The zero-order valence-corrected chi connectivity index (χ0v) is 12.0. The van der Waals surface area contributed by atoms with Crippen LogP contribution >= 0.6 is 22.6 Å². The largest absolute Gasteiger partial charge is 0.325 e. The Bertz CT molecular complexity index is 366. The van der Waals surface area contributed by atoms with Crippen LogP contribution in [-0.2, 0) is 4.79 Å². The molecule has 0 heterocycles. The molecule has 16 heavy (non-hydrogen) atoms. The van der Waals surface area contributed by atoms with Gasteiger partial charge in [0.15, 0.2) is 0 Å². The first-order valence-electron chi connectivity index (χ1n) is 5.24. The van der Waals surface area contributed by atoms with E-state index in [1.165, 1.54) is 0 Å². The van der Waals surface area contributed by atoms with E-state index in [9.17, 15) is 4.79 Å². The van der Waals surface area contributed by atoms with Gasteiger partial charge in [-0.1, -0.05) is 6.07 Å². The highest BCUT2D eigenvalue weighted by atomic mass is 127. The summed E-state index contributed by atoms with van der Waals surface area (Å²) >= 11 is 2.23. The van der Waals surface area contributed by atoms with E-state index >= 15 is 0 Å². The second-order valence-electron chi connectivity index (χ2n) is 4.07. The first kappa shape index (κ1) is 13.4. The maximum atomic E-state index is 11.7. The summed E-state index contributed by atoms with van der Waals surface area (Å²) < 4.78 is 1.12. The number of carbonyl (C=O) groups excluding carboxylic acids is 1. The minimum Gasteiger partial charge on any atom is -0.325 e. The highest BCUT2D eigenvalue weighted by molar-refractivity contribution is 14.1. The van der Waals surface area contributed by atoms with Crippen molar-refractivity contribution >= 4 is 34.2 Å². The van der Waals surface area contributed by atoms with Crippen molar-refractivity contribution in [2.45, 2.75) is 19.9 Å². The van der Waals surface area contributed by atoms with Crippen LogP contribution in [0.15, 0.2) is 24.3 Å². The normalized spacial score (nSPS) is 10.9. The summed E-state index contributed by atoms with van der Waals surface area (Å²) in [5.74, 6) is 0.0261. The van der Waals surface area contributed by atoms with Gasteiger partial charge in [-0.3, -0.25) is 9.69 Å². The zero-order valence-electron chi connectivity index (χ0n) is 9.83. The maximum Gasteiger partial charge on any atom is 0.238 e. The molecule has 1 aromatic rings. The van der Waals surface area contributed by atoms with Crippen molar-refractivity contribution in [3.05, 3.63) is 27.8 Å². The number of halogens is 1. The van der Waals surface area contributed by atoms with Gasteiger partial charge in [0.25, 0.3) is 0 Å². The van der Waals surface area contributed by atoms with Gasteiger partial charge in [-0.2, -0.15) is 0 Å². The van der Waals surface area contributed by atoms with E-state index < -0.39 is 0 Å². The predicted octanol–water partition coefficient (Wildman–Crippen LogP) is 2.57. The smallest absolute Gasteiger partial charge is 0.238 e. The molecule has 0 spiro atoms. The average molecular weight is 332 g/mol. The van der Waals surface area contributed by atoms with Crippen LogP contribution in [0.25, 0.3) is 0 Å². The third kappa shape index (κ3) is 4.49. The van der Waals surface area contributed by atoms with Gasteiger partial charge in [-0.25, -0.2) is 0 Å². The quantitative estimate of drug-likeness (QED) is 0.860. The summed E-state index contributed by atoms with van der Waals surface area (Å²) in [6, 6.07) is 8.16. The fourth-order valence-corrected chi connectivity index (χ4v) is 1.72. The highest BCUT2D eigenvalue weighted by Crippen LogP contribution is 2.12. The van der Waals surface area contributed by atoms with Gasteiger partial charge < -0.3 is 5.32 Å². The molecule has 0 aliphatic rings. The van der Waals surface area contributed by atoms with Gasteiger partial charge >= 0.3 is 0 Å². The molecule has 88 valence electrons. The van der Waals surface area contributed by atoms with E-state index in [4.69, 9.17) is 0 Å². The van der Waals surface area contributed by atoms with Crippen molar-refractivity contribution in [3.63, 3.8) is 0 Å². The second kappa shape index (κ2) is 6.20. The molecule has 0 radical (unpaired) electrons. The number of amides is 1. The lowest BCUT2D eigenvalue weighted by molar-refractivity contribution is -0.117. The van der Waals surface area contributed by atoms with Gasteiger partial charge in [0, 0.05) is 15.3 Å². The Morgan fingerprint density at radius 1 is 1.50 bits per heavy atom. The SMILES string of the molecule is CC(C)N(C)CC(=O)Nc1cccc(I)c1. The Balaban J connectivity index is 2.52. The first-order valence-corrected chi connectivity index (χ1v) is 6.32. The molecule has 0 fully saturated rings. The van der Waals surface area contributed by atoms with Crippen LogP contribution in [-0.4, -0.2) is 30.4 Å². The van der Waals surface area contributed by atoms with Crippen LogP contribution in [0.1, 0.15) is 13.8 Å². The number of rotatable bonds is 4. The monoisotopic (exact) mass is 332 g/mol. The van der Waals surface area contributed by atoms with E-state index in [2.05, 4.69) is 41.8 Å². The molecule has 0 aliphatic heterocycles. The summed E-state index contributed by atoms with van der Waals surface area (Å²) in [6.07, 6.45) is 0. The average Bonchev–Trinajstić information content (AvgIpc) is 2.16. The molecular weight excluding hydrogens is 315 g/mol. The fraction of sp³-hybridized carbons (Fsp3) is 0.417. The van der Waals surface area contributed by atoms with Gasteiger partial charge in [-0.15, -0.1) is 0 Å². The minimum absolute atomic E-state index is 0.0261. The van der Waals surface area contributed by atoms with Crippen molar-refractivity contribution in [1.82, 2.24) is 4.90 Å². The Morgan fingerprint density at radius 2 is 2.19 bits per heavy atom. The number of likely N-dealkylation sites (N-methyl/N-ethyl adjacent to an activating group) is 1. The van der Waals surface area contributed by atoms with Crippen molar-refractivity contribution in [3.8, 4) is 0 Å². The lowest BCUT2D eigenvalue weighted by Gasteiger charge is -2.20. The van der Waals surface area contributed by atoms with Crippen LogP contribution in [0.2, 0.25) is 0 Å². The lowest BCUT2D eigenvalue weighted by Crippen LogP contribution is -2.34. The van der Waals surface area contributed by atoms with Crippen LogP contribution in [0, 0.1) is 3.57 Å². The lowest BCUT2D eigenvalue weighted by atomic mass is 10.3. The van der Waals surface area contributed by atoms with Crippen molar-refractivity contribution in [1.29, 1.82) is 0 Å². The van der Waals surface area contributed by atoms with Crippen LogP contribution in [0.3, 0.4) is 0 Å². The first-order chi connectivity index (χ1) is 7.49. The van der Waals surface area contributed by atoms with Crippen molar-refractivity contribution < 1.29 is 4.79 Å². The number of benzene rings is 1. The van der Waals surface area contributed by atoms with Crippen LogP contribution in [0.4, 0.5) is 5.69 Å². The molecule has 0 unspecified atom stereocenters. The van der Waals surface area contributed by atoms with Gasteiger partial charge in [0.1, 0.15) is 0 Å². The molecule has 0 aromatic heterocycles. The molecule has 4 heteroatoms. The number of hydrogen-bond donors (Lipinski definition) is 1. The van der Waals surface area contributed by atoms with Crippen molar-refractivity contribution in [2.75, 3.05) is 18.9 Å². The molecule has 0 saturated carbocycles. The van der Waals surface area contributed by atoms with Gasteiger partial charge in [-0.05, 0) is 61.7 Å². The molecule has 1 amide bonds. The third-order valence-electron chi connectivity index (χ3n) is 2.38. The molecular formula is C12H17IN2O. The number of nitrogens with one attached hydrogen (secondary N) is 1. The number of carbonyl (C=O) groups is 1. The van der Waals surface area contributed by atoms with Crippen LogP contribution in [0.5, 0.6) is 0 Å². The Morgan fingerprint density at radius 3 is 2.75 bits per heavy atom. The Hall–Kier alpha value is -0.620. The summed E-state index contributed by atoms with van der Waals surface area (Å²) in [7, 11) is 1.94. The molecule has 3 nitrogen and oxygen atoms in total. The van der Waals surface area contributed by atoms with E-state index in [-0.39, 0.29) is 5.91 Å². The molecule has 1 rings (SSSR count). The Kier molecular flexibility index (Phi) is 5.21. The van der Waals surface area contributed by atoms with E-state index in [0.29, 0.717) is 12.6 Å². The maximum absolute atomic E-state index is 11.7. The van der Waals surface area contributed by atoms with E-state index in [0.717, 1.165) is 9.26 Å². The van der Waals surface area contributed by atoms with E-state index in [1.807, 2.05) is 36.2 Å². The summed E-state index contributed by atoms with van der Waals surface area (Å²) in [6.45, 7) is 4.56. The predicted molar refractivity (Wildman–Crippen MR) is 75.6 cm³/mol. The number of hydrogen-bond acceptors (Lipinski definition) is 2. The van der Waals surface area contributed by atoms with Gasteiger partial charge in [0.2, 0.25) is 5.91 Å². The molecule has 0 aliphatic carbocycles. The number of anilines is 1. The summed E-state index contributed by atoms with van der Waals surface area (Å²) in [4.78, 5) is 13.7. The highest BCUT2D eigenvalue weighted by Gasteiger charge is 2.09. The van der Waals surface area contributed by atoms with E-state index in [1.54, 1.807) is 0 Å². The standard InChI is InChI=1S/C12H17IN2O/c1-9(2)15(3)8-12(16)14-11-6-4-5-10(13)7-11/h4-7,9H,8H2,1-3H3,(H,14,16). The van der Waals surface area contributed by atoms with Crippen LogP contribution < -0.4 is 5.32 Å². The fourth-order valence-electron chi connectivity index (χ4n) is 1.18. The second-order valence-corrected chi connectivity index (χ2v) is 5.31. The number of nitrogens with zero attached hydrogens (tertiary/aromatic N) is 1. The molecule has 0 saturated heterocycles. The zero-order chi connectivity index (χ0) is 12.1. The molecule has 1 N–H and O–H groups in total. The summed E-state index contributed by atoms with van der Waals surface area (Å²) in [5.41, 5.74) is 0.856. The minimum atomic E-state index is 0.0261. The van der Waals surface area contributed by atoms with Gasteiger partial charge in [0.05, 0.1) is 6.54 Å². The topological polar surface area (TPSA) is 32.3 Å². The summed E-state index contributed by atoms with van der Waals surface area (Å²) in [5, 5.41) is 2.88.